The van der Waals surface area contributed by atoms with Crippen LogP contribution in [-0.4, -0.2) is 30.4 Å². The van der Waals surface area contributed by atoms with Crippen LogP contribution in [0.25, 0.3) is 0 Å². The highest BCUT2D eigenvalue weighted by Crippen LogP contribution is 2.29. The summed E-state index contributed by atoms with van der Waals surface area (Å²) in [5.74, 6) is -0.244. The first-order chi connectivity index (χ1) is 10.2. The lowest BCUT2D eigenvalue weighted by Crippen LogP contribution is -2.20. The van der Waals surface area contributed by atoms with Crippen molar-refractivity contribution in [2.75, 3.05) is 20.2 Å². The van der Waals surface area contributed by atoms with Crippen LogP contribution < -0.4 is 5.32 Å². The van der Waals surface area contributed by atoms with Crippen molar-refractivity contribution in [3.05, 3.63) is 59.7 Å². The molecule has 0 aliphatic carbocycles. The lowest BCUT2D eigenvalue weighted by Gasteiger charge is -2.18. The summed E-state index contributed by atoms with van der Waals surface area (Å²) in [7, 11) is 1.85. The van der Waals surface area contributed by atoms with E-state index in [0.29, 0.717) is 13.2 Å². The van der Waals surface area contributed by atoms with Gasteiger partial charge in [0.25, 0.3) is 0 Å². The average Bonchev–Trinajstić information content (AvgIpc) is 2.50. The molecular formula is C17H21NO3. The van der Waals surface area contributed by atoms with Gasteiger partial charge < -0.3 is 20.3 Å². The van der Waals surface area contributed by atoms with Crippen LogP contribution in [0.3, 0.4) is 0 Å². The standard InChI is InChI=1S/C17H21NO3/c1-18-12-17(14-7-8-15(19)16(20)11-14)21-10-9-13-5-3-2-4-6-13/h2-8,11,17-20H,9-10,12H2,1H3/t17-/m1/s1. The molecule has 3 N–H and O–H groups in total. The van der Waals surface area contributed by atoms with Gasteiger partial charge in [0.05, 0.1) is 12.7 Å². The second-order valence-corrected chi connectivity index (χ2v) is 4.90. The smallest absolute Gasteiger partial charge is 0.157 e. The number of likely N-dealkylation sites (N-methyl/N-ethyl adjacent to an activating group) is 1. The lowest BCUT2D eigenvalue weighted by molar-refractivity contribution is 0.0559. The number of hydrogen-bond donors (Lipinski definition) is 3. The van der Waals surface area contributed by atoms with Crippen molar-refractivity contribution in [3.63, 3.8) is 0 Å². The van der Waals surface area contributed by atoms with Gasteiger partial charge in [-0.3, -0.25) is 0 Å². The molecule has 0 spiro atoms. The number of hydrogen-bond acceptors (Lipinski definition) is 4. The number of phenols is 2. The summed E-state index contributed by atoms with van der Waals surface area (Å²) in [4.78, 5) is 0. The third-order valence-electron chi connectivity index (χ3n) is 3.31. The zero-order chi connectivity index (χ0) is 15.1. The minimum Gasteiger partial charge on any atom is -0.504 e. The van der Waals surface area contributed by atoms with Gasteiger partial charge in [-0.2, -0.15) is 0 Å². The van der Waals surface area contributed by atoms with Crippen LogP contribution in [0.15, 0.2) is 48.5 Å². The van der Waals surface area contributed by atoms with Crippen LogP contribution in [0, 0.1) is 0 Å². The van der Waals surface area contributed by atoms with Crippen molar-refractivity contribution in [3.8, 4) is 11.5 Å². The van der Waals surface area contributed by atoms with E-state index < -0.39 is 0 Å². The molecule has 0 radical (unpaired) electrons. The summed E-state index contributed by atoms with van der Waals surface area (Å²) >= 11 is 0. The van der Waals surface area contributed by atoms with Gasteiger partial charge in [0.15, 0.2) is 11.5 Å². The Kier molecular flexibility index (Phi) is 5.60. The molecule has 0 amide bonds. The molecule has 112 valence electrons. The Morgan fingerprint density at radius 2 is 1.81 bits per heavy atom. The number of ether oxygens (including phenoxy) is 1. The summed E-state index contributed by atoms with van der Waals surface area (Å²) in [5, 5.41) is 22.0. The van der Waals surface area contributed by atoms with Crippen molar-refractivity contribution in [1.82, 2.24) is 5.32 Å². The molecular weight excluding hydrogens is 266 g/mol. The fourth-order valence-corrected chi connectivity index (χ4v) is 2.16. The highest BCUT2D eigenvalue weighted by Gasteiger charge is 2.13. The molecule has 0 unspecified atom stereocenters. The second kappa shape index (κ2) is 7.67. The number of nitrogens with one attached hydrogen (secondary N) is 1. The van der Waals surface area contributed by atoms with Crippen LogP contribution in [0.5, 0.6) is 11.5 Å². The van der Waals surface area contributed by atoms with Crippen LogP contribution in [0.2, 0.25) is 0 Å². The lowest BCUT2D eigenvalue weighted by atomic mass is 10.1. The second-order valence-electron chi connectivity index (χ2n) is 4.90. The normalized spacial score (nSPS) is 12.2. The summed E-state index contributed by atoms with van der Waals surface area (Å²) in [6.07, 6.45) is 0.677. The molecule has 0 heterocycles. The molecule has 0 bridgehead atoms. The molecule has 2 rings (SSSR count). The van der Waals surface area contributed by atoms with E-state index in [9.17, 15) is 10.2 Å². The third-order valence-corrected chi connectivity index (χ3v) is 3.31. The Balaban J connectivity index is 1.97. The summed E-state index contributed by atoms with van der Waals surface area (Å²) in [6, 6.07) is 14.9. The van der Waals surface area contributed by atoms with E-state index in [-0.39, 0.29) is 17.6 Å². The van der Waals surface area contributed by atoms with E-state index in [4.69, 9.17) is 4.74 Å². The van der Waals surface area contributed by atoms with Crippen molar-refractivity contribution in [2.45, 2.75) is 12.5 Å². The zero-order valence-corrected chi connectivity index (χ0v) is 12.1. The van der Waals surface area contributed by atoms with Crippen LogP contribution in [0.1, 0.15) is 17.2 Å². The Labute approximate surface area is 125 Å². The molecule has 2 aromatic rings. The first kappa shape index (κ1) is 15.4. The molecule has 4 nitrogen and oxygen atoms in total. The molecule has 4 heteroatoms. The zero-order valence-electron chi connectivity index (χ0n) is 12.1. The summed E-state index contributed by atoms with van der Waals surface area (Å²) < 4.78 is 5.91. The fraction of sp³-hybridized carbons (Fsp3) is 0.294. The highest BCUT2D eigenvalue weighted by molar-refractivity contribution is 5.41. The Bertz CT molecular complexity index is 557. The average molecular weight is 287 g/mol. The van der Waals surface area contributed by atoms with Crippen molar-refractivity contribution >= 4 is 0 Å². The van der Waals surface area contributed by atoms with Gasteiger partial charge in [-0.15, -0.1) is 0 Å². The largest absolute Gasteiger partial charge is 0.504 e. The van der Waals surface area contributed by atoms with Gasteiger partial charge in [0, 0.05) is 6.54 Å². The minimum atomic E-state index is -0.162. The molecule has 0 fully saturated rings. The van der Waals surface area contributed by atoms with Gasteiger partial charge in [-0.05, 0) is 36.7 Å². The quantitative estimate of drug-likeness (QED) is 0.685. The summed E-state index contributed by atoms with van der Waals surface area (Å²) in [5.41, 5.74) is 2.07. The molecule has 0 aromatic heterocycles. The maximum atomic E-state index is 9.59. The van der Waals surface area contributed by atoms with Crippen molar-refractivity contribution in [1.29, 1.82) is 0 Å². The molecule has 0 aliphatic rings. The maximum Gasteiger partial charge on any atom is 0.157 e. The topological polar surface area (TPSA) is 61.7 Å². The van der Waals surface area contributed by atoms with Crippen LogP contribution in [-0.2, 0) is 11.2 Å². The Morgan fingerprint density at radius 1 is 1.05 bits per heavy atom. The molecule has 0 saturated heterocycles. The van der Waals surface area contributed by atoms with Gasteiger partial charge >= 0.3 is 0 Å². The van der Waals surface area contributed by atoms with E-state index >= 15 is 0 Å². The predicted octanol–water partition coefficient (Wildman–Crippen LogP) is 2.62. The first-order valence-electron chi connectivity index (χ1n) is 7.02. The Morgan fingerprint density at radius 3 is 2.48 bits per heavy atom. The fourth-order valence-electron chi connectivity index (χ4n) is 2.16. The minimum absolute atomic E-state index is 0.119. The van der Waals surface area contributed by atoms with Gasteiger partial charge in [0.2, 0.25) is 0 Å². The molecule has 2 aromatic carbocycles. The van der Waals surface area contributed by atoms with E-state index in [2.05, 4.69) is 17.4 Å². The molecule has 1 atom stereocenters. The SMILES string of the molecule is CNC[C@@H](OCCc1ccccc1)c1ccc(O)c(O)c1. The van der Waals surface area contributed by atoms with Crippen molar-refractivity contribution < 1.29 is 14.9 Å². The van der Waals surface area contributed by atoms with Gasteiger partial charge in [0.1, 0.15) is 0 Å². The highest BCUT2D eigenvalue weighted by atomic mass is 16.5. The third kappa shape index (κ3) is 4.48. The van der Waals surface area contributed by atoms with Gasteiger partial charge in [-0.1, -0.05) is 36.4 Å². The molecule has 21 heavy (non-hydrogen) atoms. The predicted molar refractivity (Wildman–Crippen MR) is 82.5 cm³/mol. The van der Waals surface area contributed by atoms with E-state index in [1.54, 1.807) is 12.1 Å². The molecule has 0 saturated carbocycles. The van der Waals surface area contributed by atoms with E-state index in [1.165, 1.54) is 11.6 Å². The molecule has 0 aliphatic heterocycles. The number of aromatic hydroxyl groups is 2. The Hall–Kier alpha value is -2.04. The maximum absolute atomic E-state index is 9.59. The van der Waals surface area contributed by atoms with E-state index in [0.717, 1.165) is 12.0 Å². The number of benzene rings is 2. The van der Waals surface area contributed by atoms with Crippen LogP contribution in [0.4, 0.5) is 0 Å². The first-order valence-corrected chi connectivity index (χ1v) is 7.02. The monoisotopic (exact) mass is 287 g/mol. The van der Waals surface area contributed by atoms with Crippen LogP contribution >= 0.6 is 0 Å². The number of phenolic OH excluding ortho intramolecular Hbond substituents is 2. The van der Waals surface area contributed by atoms with Crippen molar-refractivity contribution in [2.24, 2.45) is 0 Å². The van der Waals surface area contributed by atoms with Gasteiger partial charge in [-0.25, -0.2) is 0 Å². The summed E-state index contributed by atoms with van der Waals surface area (Å²) in [6.45, 7) is 1.23. The van der Waals surface area contributed by atoms with E-state index in [1.807, 2.05) is 25.2 Å². The number of rotatable bonds is 7.